The average molecular weight is 220 g/mol. The third-order valence-electron chi connectivity index (χ3n) is 2.17. The van der Waals surface area contributed by atoms with Crippen LogP contribution in [0.25, 0.3) is 0 Å². The maximum Gasteiger partial charge on any atom is 0.254 e. The minimum Gasteiger partial charge on any atom is -0.398 e. The molecule has 0 radical (unpaired) electrons. The second kappa shape index (κ2) is 5.17. The highest BCUT2D eigenvalue weighted by Gasteiger charge is 2.12. The summed E-state index contributed by atoms with van der Waals surface area (Å²) in [4.78, 5) is 11.7. The van der Waals surface area contributed by atoms with Crippen molar-refractivity contribution in [1.29, 1.82) is 0 Å². The molecule has 0 aliphatic carbocycles. The first kappa shape index (κ1) is 12.1. The van der Waals surface area contributed by atoms with Gasteiger partial charge in [-0.1, -0.05) is 12.8 Å². The number of nitrogens with one attached hydrogen (secondary N) is 1. The molecule has 1 unspecified atom stereocenters. The number of nitrogen functional groups attached to an aromatic ring is 1. The largest absolute Gasteiger partial charge is 0.398 e. The van der Waals surface area contributed by atoms with Crippen molar-refractivity contribution in [2.75, 3.05) is 5.73 Å². The van der Waals surface area contributed by atoms with E-state index in [0.717, 1.165) is 6.07 Å². The van der Waals surface area contributed by atoms with Gasteiger partial charge >= 0.3 is 0 Å². The van der Waals surface area contributed by atoms with Crippen LogP contribution in [0, 0.1) is 18.2 Å². The summed E-state index contributed by atoms with van der Waals surface area (Å²) in [7, 11) is 0. The third kappa shape index (κ3) is 2.74. The predicted octanol–water partition coefficient (Wildman–Crippen LogP) is 1.55. The van der Waals surface area contributed by atoms with Crippen molar-refractivity contribution in [3.63, 3.8) is 0 Å². The molecule has 1 aromatic rings. The number of anilines is 1. The molecule has 3 N–H and O–H groups in total. The molecule has 0 aliphatic rings. The SMILES string of the molecule is C#CC(CC)NC(=O)c1ccc(F)cc1N. The average Bonchev–Trinajstić information content (AvgIpc) is 2.25. The number of nitrogens with two attached hydrogens (primary N) is 1. The van der Waals surface area contributed by atoms with E-state index in [1.807, 2.05) is 6.92 Å². The van der Waals surface area contributed by atoms with Gasteiger partial charge in [-0.25, -0.2) is 4.39 Å². The van der Waals surface area contributed by atoms with Crippen molar-refractivity contribution in [3.05, 3.63) is 29.6 Å². The van der Waals surface area contributed by atoms with Crippen LogP contribution in [0.5, 0.6) is 0 Å². The Kier molecular flexibility index (Phi) is 3.90. The first-order valence-electron chi connectivity index (χ1n) is 4.90. The van der Waals surface area contributed by atoms with E-state index in [1.54, 1.807) is 0 Å². The number of hydrogen-bond donors (Lipinski definition) is 2. The summed E-state index contributed by atoms with van der Waals surface area (Å²) in [5, 5.41) is 2.62. The molecule has 0 saturated heterocycles. The van der Waals surface area contributed by atoms with Gasteiger partial charge in [0.25, 0.3) is 5.91 Å². The molecule has 0 spiro atoms. The Morgan fingerprint density at radius 3 is 2.88 bits per heavy atom. The minimum atomic E-state index is -0.474. The quantitative estimate of drug-likeness (QED) is 0.599. The molecule has 4 heteroatoms. The van der Waals surface area contributed by atoms with Gasteiger partial charge in [-0.15, -0.1) is 6.42 Å². The minimum absolute atomic E-state index is 0.101. The van der Waals surface area contributed by atoms with Crippen LogP contribution >= 0.6 is 0 Å². The van der Waals surface area contributed by atoms with E-state index < -0.39 is 5.82 Å². The number of halogens is 1. The highest BCUT2D eigenvalue weighted by Crippen LogP contribution is 2.13. The zero-order valence-electron chi connectivity index (χ0n) is 8.96. The summed E-state index contributed by atoms with van der Waals surface area (Å²) in [6.07, 6.45) is 5.84. The Balaban J connectivity index is 2.85. The molecule has 1 atom stereocenters. The van der Waals surface area contributed by atoms with Crippen LogP contribution in [0.2, 0.25) is 0 Å². The molecule has 16 heavy (non-hydrogen) atoms. The summed E-state index contributed by atoms with van der Waals surface area (Å²) >= 11 is 0. The maximum absolute atomic E-state index is 12.8. The number of rotatable bonds is 3. The van der Waals surface area contributed by atoms with Gasteiger partial charge in [0.2, 0.25) is 0 Å². The van der Waals surface area contributed by atoms with Gasteiger partial charge in [-0.3, -0.25) is 4.79 Å². The van der Waals surface area contributed by atoms with Crippen molar-refractivity contribution < 1.29 is 9.18 Å². The lowest BCUT2D eigenvalue weighted by molar-refractivity contribution is 0.0946. The summed E-state index contributed by atoms with van der Waals surface area (Å²) in [5.74, 6) is 1.58. The maximum atomic E-state index is 12.8. The van der Waals surface area contributed by atoms with E-state index in [-0.39, 0.29) is 23.2 Å². The lowest BCUT2D eigenvalue weighted by Crippen LogP contribution is -2.33. The van der Waals surface area contributed by atoms with Gasteiger partial charge in [0.1, 0.15) is 5.82 Å². The van der Waals surface area contributed by atoms with Crippen LogP contribution in [0.1, 0.15) is 23.7 Å². The number of carbonyl (C=O) groups is 1. The first-order chi connectivity index (χ1) is 7.58. The molecule has 84 valence electrons. The highest BCUT2D eigenvalue weighted by molar-refractivity contribution is 5.99. The topological polar surface area (TPSA) is 55.1 Å². The standard InChI is InChI=1S/C12H13FN2O/c1-3-9(4-2)15-12(16)10-6-5-8(13)7-11(10)14/h1,5-7,9H,4,14H2,2H3,(H,15,16). The van der Waals surface area contributed by atoms with E-state index in [1.165, 1.54) is 12.1 Å². The van der Waals surface area contributed by atoms with Gasteiger partial charge in [0, 0.05) is 5.69 Å². The summed E-state index contributed by atoms with van der Waals surface area (Å²) in [5.41, 5.74) is 5.86. The lowest BCUT2D eigenvalue weighted by Gasteiger charge is -2.11. The molecule has 0 heterocycles. The van der Waals surface area contributed by atoms with Crippen LogP contribution < -0.4 is 11.1 Å². The van der Waals surface area contributed by atoms with Crippen molar-refractivity contribution in [1.82, 2.24) is 5.32 Å². The van der Waals surface area contributed by atoms with Crippen LogP contribution in [0.15, 0.2) is 18.2 Å². The predicted molar refractivity (Wildman–Crippen MR) is 61.2 cm³/mol. The first-order valence-corrected chi connectivity index (χ1v) is 4.90. The highest BCUT2D eigenvalue weighted by atomic mass is 19.1. The smallest absolute Gasteiger partial charge is 0.254 e. The molecule has 0 bridgehead atoms. The van der Waals surface area contributed by atoms with Crippen molar-refractivity contribution >= 4 is 11.6 Å². The molecule has 1 rings (SSSR count). The number of amides is 1. The molecule has 0 saturated carbocycles. The monoisotopic (exact) mass is 220 g/mol. The Morgan fingerprint density at radius 1 is 1.69 bits per heavy atom. The number of benzene rings is 1. The van der Waals surface area contributed by atoms with E-state index in [2.05, 4.69) is 11.2 Å². The van der Waals surface area contributed by atoms with E-state index >= 15 is 0 Å². The zero-order chi connectivity index (χ0) is 12.1. The Hall–Kier alpha value is -2.02. The number of hydrogen-bond acceptors (Lipinski definition) is 2. The second-order valence-electron chi connectivity index (χ2n) is 3.33. The zero-order valence-corrected chi connectivity index (χ0v) is 8.96. The van der Waals surface area contributed by atoms with Crippen LogP contribution in [-0.2, 0) is 0 Å². The van der Waals surface area contributed by atoms with E-state index in [9.17, 15) is 9.18 Å². The Labute approximate surface area is 93.8 Å². The van der Waals surface area contributed by atoms with Gasteiger partial charge in [0.05, 0.1) is 11.6 Å². The molecule has 1 amide bonds. The summed E-state index contributed by atoms with van der Waals surface area (Å²) < 4.78 is 12.8. The van der Waals surface area contributed by atoms with E-state index in [0.29, 0.717) is 6.42 Å². The van der Waals surface area contributed by atoms with Gasteiger partial charge in [0.15, 0.2) is 0 Å². The fraction of sp³-hybridized carbons (Fsp3) is 0.250. The molecule has 3 nitrogen and oxygen atoms in total. The normalized spacial score (nSPS) is 11.6. The molecule has 1 aromatic carbocycles. The molecule has 0 aliphatic heterocycles. The van der Waals surface area contributed by atoms with Gasteiger partial charge in [-0.05, 0) is 24.6 Å². The molecular formula is C12H13FN2O. The second-order valence-corrected chi connectivity index (χ2v) is 3.33. The third-order valence-corrected chi connectivity index (χ3v) is 2.17. The van der Waals surface area contributed by atoms with Crippen LogP contribution in [0.4, 0.5) is 10.1 Å². The van der Waals surface area contributed by atoms with Crippen molar-refractivity contribution in [2.45, 2.75) is 19.4 Å². The van der Waals surface area contributed by atoms with Crippen LogP contribution in [-0.4, -0.2) is 11.9 Å². The summed E-state index contributed by atoms with van der Waals surface area (Å²) in [6, 6.07) is 3.29. The van der Waals surface area contributed by atoms with E-state index in [4.69, 9.17) is 12.2 Å². The lowest BCUT2D eigenvalue weighted by atomic mass is 10.1. The summed E-state index contributed by atoms with van der Waals surface area (Å²) in [6.45, 7) is 1.86. The fourth-order valence-corrected chi connectivity index (χ4v) is 1.24. The van der Waals surface area contributed by atoms with Crippen LogP contribution in [0.3, 0.4) is 0 Å². The fourth-order valence-electron chi connectivity index (χ4n) is 1.24. The van der Waals surface area contributed by atoms with Gasteiger partial charge < -0.3 is 11.1 Å². The van der Waals surface area contributed by atoms with Crippen molar-refractivity contribution in [2.24, 2.45) is 0 Å². The Morgan fingerprint density at radius 2 is 2.38 bits per heavy atom. The number of carbonyl (C=O) groups excluding carboxylic acids is 1. The van der Waals surface area contributed by atoms with Gasteiger partial charge in [-0.2, -0.15) is 0 Å². The number of terminal acetylenes is 1. The molecular weight excluding hydrogens is 207 g/mol. The molecule has 0 aromatic heterocycles. The Bertz CT molecular complexity index is 437. The molecule has 0 fully saturated rings. The van der Waals surface area contributed by atoms with Crippen molar-refractivity contribution in [3.8, 4) is 12.3 Å².